The molecule has 0 aliphatic carbocycles. The molecule has 0 unspecified atom stereocenters. The number of hydrogen-bond acceptors (Lipinski definition) is 21. The molecule has 6 atom stereocenters. The molecule has 8 heterocycles. The lowest BCUT2D eigenvalue weighted by atomic mass is 9.86. The zero-order chi connectivity index (χ0) is 81.7. The van der Waals surface area contributed by atoms with Crippen LogP contribution in [0.25, 0.3) is 44.6 Å². The lowest BCUT2D eigenvalue weighted by molar-refractivity contribution is -0.172. The highest BCUT2D eigenvalue weighted by Crippen LogP contribution is 2.43. The Morgan fingerprint density at radius 1 is 0.559 bits per heavy atom. The van der Waals surface area contributed by atoms with Crippen molar-refractivity contribution in [2.75, 3.05) is 23.3 Å². The van der Waals surface area contributed by atoms with E-state index in [-0.39, 0.29) is 164 Å². The molecule has 0 spiro atoms. The minimum Gasteiger partial charge on any atom is -0.481 e. The van der Waals surface area contributed by atoms with Crippen LogP contribution < -0.4 is 43.4 Å². The van der Waals surface area contributed by atoms with Crippen molar-refractivity contribution in [2.24, 2.45) is 29.4 Å². The maximum atomic E-state index is 14.8. The third-order valence-corrected chi connectivity index (χ3v) is 22.4. The highest BCUT2D eigenvalue weighted by Gasteiger charge is 2.47. The fourth-order valence-electron chi connectivity index (χ4n) is 13.4. The topological polar surface area (TPSA) is 406 Å². The van der Waals surface area contributed by atoms with E-state index in [0.29, 0.717) is 86.0 Å². The lowest BCUT2D eigenvalue weighted by Gasteiger charge is -2.31. The minimum absolute atomic E-state index is 0.00488. The number of carboxylic acid groups (broad SMARTS) is 1. The number of nitrogens with zero attached hydrogens (tertiary/aromatic N) is 4. The molecule has 4 aliphatic heterocycles. The van der Waals surface area contributed by atoms with Crippen LogP contribution in [0.2, 0.25) is 0 Å². The summed E-state index contributed by atoms with van der Waals surface area (Å²) in [5.41, 5.74) is 8.84. The zero-order valence-corrected chi connectivity index (χ0v) is 66.6. The van der Waals surface area contributed by atoms with Gasteiger partial charge in [0, 0.05) is 108 Å². The summed E-state index contributed by atoms with van der Waals surface area (Å²) in [6, 6.07) is 8.10. The molecule has 5 amide bonds. The van der Waals surface area contributed by atoms with Crippen LogP contribution >= 0.6 is 23.5 Å². The Morgan fingerprint density at radius 3 is 1.36 bits per heavy atom. The molecule has 10 rings (SSSR count). The number of rotatable bonds is 33. The maximum Gasteiger partial charge on any atom is 0.343 e. The fourth-order valence-corrected chi connectivity index (χ4v) is 15.0. The van der Waals surface area contributed by atoms with Gasteiger partial charge in [-0.2, -0.15) is 0 Å². The number of benzene rings is 2. The number of aryl methyl sites for hydroxylation is 2. The van der Waals surface area contributed by atoms with E-state index in [1.807, 2.05) is 0 Å². The number of cyclic esters (lactones) is 2. The zero-order valence-electron chi connectivity index (χ0n) is 65.0. The molecule has 0 saturated heterocycles. The number of esters is 2. The summed E-state index contributed by atoms with van der Waals surface area (Å²) in [4.78, 5) is 157. The second-order valence-electron chi connectivity index (χ2n) is 29.4. The molecule has 4 aliphatic rings. The molecule has 0 fully saturated rings. The molecule has 0 saturated carbocycles. The summed E-state index contributed by atoms with van der Waals surface area (Å²) in [6.45, 7) is 20.5. The molecule has 2 aromatic carbocycles. The van der Waals surface area contributed by atoms with Crippen LogP contribution in [0.5, 0.6) is 0 Å². The van der Waals surface area contributed by atoms with Crippen molar-refractivity contribution in [2.45, 2.75) is 223 Å². The Morgan fingerprint density at radius 2 is 0.964 bits per heavy atom. The third-order valence-electron chi connectivity index (χ3n) is 20.5. The minimum atomic E-state index is -1.98. The SMILES string of the molecule is CC(C)C(=O)N[C@@H](C)C(=O)C[C@@H](C)C(=O)NCSCCCCCC(=O)O.CC[C@@]1(O)C(=O)OCc2c1cc1n(c2=O)Cc2c-1nc1cc(F)c(C)cc1c2CN.CC[C@@]1(O)C(=O)OCc2c1cc1n(c2=O)Cc2c-1nc1cc(F)c(C)cc1c2CNC(=O)CCCCCSCNC(=O)[C@H](C)CC(=O)[C@H](C)NC(=O)C(C)C. The molecule has 27 nitrogen and oxygen atoms in total. The summed E-state index contributed by atoms with van der Waals surface area (Å²) < 4.78 is 42.3. The van der Waals surface area contributed by atoms with Crippen molar-refractivity contribution in [3.8, 4) is 22.8 Å². The Bertz CT molecular complexity index is 4740. The molecule has 10 N–H and O–H groups in total. The monoisotopic (exact) mass is 1580 g/mol. The summed E-state index contributed by atoms with van der Waals surface area (Å²) in [6.07, 6.45) is 5.41. The molecule has 0 radical (unpaired) electrons. The van der Waals surface area contributed by atoms with E-state index < -0.39 is 64.4 Å². The molecular formula is C80H102F2N10O17S2. The Hall–Kier alpha value is -9.30. The molecular weight excluding hydrogens is 1480 g/mol. The second-order valence-corrected chi connectivity index (χ2v) is 31.6. The van der Waals surface area contributed by atoms with Gasteiger partial charge in [0.1, 0.15) is 24.8 Å². The largest absolute Gasteiger partial charge is 0.481 e. The van der Waals surface area contributed by atoms with Gasteiger partial charge in [-0.15, -0.1) is 23.5 Å². The molecule has 31 heteroatoms. The number of carbonyl (C=O) groups is 10. The van der Waals surface area contributed by atoms with Crippen LogP contribution in [0, 0.1) is 49.2 Å². The van der Waals surface area contributed by atoms with E-state index in [2.05, 4.69) is 31.6 Å². The second kappa shape index (κ2) is 38.3. The fraction of sp³-hybridized carbons (Fsp3) is 0.525. The van der Waals surface area contributed by atoms with E-state index in [1.54, 1.807) is 135 Å². The number of thioether (sulfide) groups is 2. The van der Waals surface area contributed by atoms with E-state index in [9.17, 15) is 76.5 Å². The number of carbonyl (C=O) groups excluding carboxylic acids is 9. The maximum absolute atomic E-state index is 14.8. The Labute approximate surface area is 650 Å². The number of aromatic nitrogens is 4. The van der Waals surface area contributed by atoms with Crippen molar-refractivity contribution in [1.82, 2.24) is 45.7 Å². The number of ether oxygens (including phenoxy) is 2. The van der Waals surface area contributed by atoms with Crippen LogP contribution in [-0.4, -0.2) is 129 Å². The number of aliphatic carboxylic acids is 1. The van der Waals surface area contributed by atoms with Gasteiger partial charge >= 0.3 is 17.9 Å². The number of carboxylic acids is 1. The van der Waals surface area contributed by atoms with Gasteiger partial charge < -0.3 is 66.2 Å². The van der Waals surface area contributed by atoms with Gasteiger partial charge in [-0.25, -0.2) is 28.3 Å². The highest BCUT2D eigenvalue weighted by molar-refractivity contribution is 7.99. The number of fused-ring (bicyclic) bond motifs is 10. The standard InChI is InChI=1S/C40H50FN5O8S.C22H20FN3O4.C18H32N2O5S/c1-7-40(53)29-15-32-35-27(18-46(32)38(51)28(29)19-54-39(40)52)26(25-13-22(4)30(41)16-31(25)45-35)17-42-34(48)11-9-8-10-12-55-20-43-37(50)23(5)14-33(47)24(6)44-36(49)21(2)3;1-3-22(29)15-5-18-19-13(8-26(18)20(27)14(15)9-30-21(22)28)12(7-24)11-4-10(2)16(23)6-17(11)25-19;1-12(2)17(24)20-14(4)15(21)10-13(3)18(25)19-11-26-9-7-5-6-8-16(22)23/h13,15-16,21,23-24,53H,7-12,14,17-20H2,1-6H3,(H,42,48)(H,43,50)(H,44,49);4-6,29H,3,7-9,24H2,1-2H3;12-14H,5-11H2,1-4H3,(H,19,25)(H,20,24)(H,22,23)/t23-,24+,40+;22-;13-,14+/m101/s1. The summed E-state index contributed by atoms with van der Waals surface area (Å²) in [5, 5.41) is 46.0. The molecule has 111 heavy (non-hydrogen) atoms. The van der Waals surface area contributed by atoms with Gasteiger partial charge in [-0.3, -0.25) is 47.9 Å². The molecule has 600 valence electrons. The van der Waals surface area contributed by atoms with Crippen LogP contribution in [-0.2, 0) is 108 Å². The predicted octanol–water partition coefficient (Wildman–Crippen LogP) is 8.45. The number of pyridine rings is 4. The number of Topliss-reactive ketones (excluding diaryl/α,β-unsaturated/α-hetero) is 2. The summed E-state index contributed by atoms with van der Waals surface area (Å²) in [7, 11) is 0. The molecule has 4 aromatic heterocycles. The number of unbranched alkanes of at least 4 members (excludes halogenated alkanes) is 4. The number of hydrogen-bond donors (Lipinski definition) is 9. The third kappa shape index (κ3) is 20.3. The molecule has 6 aromatic rings. The van der Waals surface area contributed by atoms with Crippen LogP contribution in [0.3, 0.4) is 0 Å². The van der Waals surface area contributed by atoms with E-state index in [1.165, 1.54) is 16.7 Å². The van der Waals surface area contributed by atoms with E-state index >= 15 is 0 Å². The first-order chi connectivity index (χ1) is 52.5. The van der Waals surface area contributed by atoms with Crippen LogP contribution in [0.1, 0.15) is 202 Å². The van der Waals surface area contributed by atoms with Gasteiger partial charge in [0.15, 0.2) is 22.8 Å². The quantitative estimate of drug-likeness (QED) is 0.0106. The van der Waals surface area contributed by atoms with E-state index in [4.69, 9.17) is 25.3 Å². The van der Waals surface area contributed by atoms with Gasteiger partial charge in [0.05, 0.1) is 81.9 Å². The van der Waals surface area contributed by atoms with Crippen LogP contribution in [0.15, 0.2) is 46.0 Å². The highest BCUT2D eigenvalue weighted by atomic mass is 32.2. The normalized spacial score (nSPS) is 16.7. The van der Waals surface area contributed by atoms with Crippen molar-refractivity contribution in [3.63, 3.8) is 0 Å². The van der Waals surface area contributed by atoms with Gasteiger partial charge in [0.2, 0.25) is 29.5 Å². The number of nitrogens with two attached hydrogens (primary N) is 1. The Kier molecular flexibility index (Phi) is 30.1. The number of halogens is 2. The first kappa shape index (κ1) is 87.3. The lowest BCUT2D eigenvalue weighted by Crippen LogP contribution is -2.44. The predicted molar refractivity (Wildman–Crippen MR) is 416 cm³/mol. The van der Waals surface area contributed by atoms with Crippen molar-refractivity contribution >= 4 is 104 Å². The first-order valence-corrected chi connectivity index (χ1v) is 40.0. The van der Waals surface area contributed by atoms with Gasteiger partial charge in [0.25, 0.3) is 11.1 Å². The molecule has 0 bridgehead atoms. The van der Waals surface area contributed by atoms with Gasteiger partial charge in [-0.05, 0) is 124 Å². The number of ketones is 2. The number of nitrogens with one attached hydrogen (secondary N) is 5. The number of aliphatic hydroxyl groups is 2. The van der Waals surface area contributed by atoms with Gasteiger partial charge in [-0.1, -0.05) is 68.2 Å². The first-order valence-electron chi connectivity index (χ1n) is 37.6. The van der Waals surface area contributed by atoms with Crippen molar-refractivity contribution in [3.05, 3.63) is 124 Å². The average Bonchev–Trinajstić information content (AvgIpc) is 1.57. The van der Waals surface area contributed by atoms with Crippen molar-refractivity contribution < 1.29 is 81.5 Å². The van der Waals surface area contributed by atoms with E-state index in [0.717, 1.165) is 53.7 Å². The average molecular weight is 1580 g/mol. The smallest absolute Gasteiger partial charge is 0.343 e. The van der Waals surface area contributed by atoms with Crippen molar-refractivity contribution in [1.29, 1.82) is 0 Å². The summed E-state index contributed by atoms with van der Waals surface area (Å²) >= 11 is 3.13. The number of amides is 5. The van der Waals surface area contributed by atoms with Crippen LogP contribution in [0.4, 0.5) is 8.78 Å². The Balaban J connectivity index is 0.000000232. The summed E-state index contributed by atoms with van der Waals surface area (Å²) in [5.74, 6) is -3.38.